The first kappa shape index (κ1) is 25.3. The highest BCUT2D eigenvalue weighted by atomic mass is 16.6. The van der Waals surface area contributed by atoms with E-state index < -0.39 is 66.2 Å². The number of hydrogen-bond donors (Lipinski definition) is 3. The van der Waals surface area contributed by atoms with E-state index in [0.717, 1.165) is 13.8 Å². The second-order valence-electron chi connectivity index (χ2n) is 6.98. The van der Waals surface area contributed by atoms with E-state index in [4.69, 9.17) is 30.4 Å². The zero-order valence-corrected chi connectivity index (χ0v) is 17.4. The normalized spacial score (nSPS) is 26.8. The Labute approximate surface area is 173 Å². The van der Waals surface area contributed by atoms with Crippen molar-refractivity contribution in [3.05, 3.63) is 0 Å². The highest BCUT2D eigenvalue weighted by Gasteiger charge is 2.52. The number of carbonyl (C=O) groups is 5. The van der Waals surface area contributed by atoms with Gasteiger partial charge in [0.1, 0.15) is 12.7 Å². The number of hydrogen-bond acceptors (Lipinski definition) is 10. The third-order valence-corrected chi connectivity index (χ3v) is 4.30. The summed E-state index contributed by atoms with van der Waals surface area (Å²) >= 11 is 0. The number of ether oxygens (including phenoxy) is 4. The Morgan fingerprint density at radius 1 is 0.967 bits per heavy atom. The Morgan fingerprint density at radius 3 is 2.00 bits per heavy atom. The molecule has 0 saturated carbocycles. The van der Waals surface area contributed by atoms with Gasteiger partial charge in [-0.15, -0.1) is 0 Å². The maximum absolute atomic E-state index is 11.8. The predicted molar refractivity (Wildman–Crippen MR) is 100 cm³/mol. The van der Waals surface area contributed by atoms with Gasteiger partial charge in [0, 0.05) is 40.2 Å². The summed E-state index contributed by atoms with van der Waals surface area (Å²) < 4.78 is 21.6. The fraction of sp³-hybridized carbons (Fsp3) is 0.722. The molecule has 1 fully saturated rings. The quantitative estimate of drug-likeness (QED) is 0.280. The molecule has 12 heteroatoms. The van der Waals surface area contributed by atoms with Crippen LogP contribution in [0.1, 0.15) is 40.5 Å². The largest absolute Gasteiger partial charge is 0.463 e. The van der Waals surface area contributed by atoms with Gasteiger partial charge in [-0.05, 0) is 6.42 Å². The first-order valence-electron chi connectivity index (χ1n) is 9.36. The van der Waals surface area contributed by atoms with Crippen molar-refractivity contribution < 1.29 is 42.9 Å². The van der Waals surface area contributed by atoms with Crippen molar-refractivity contribution >= 4 is 29.7 Å². The molecule has 0 aromatic carbocycles. The van der Waals surface area contributed by atoms with Gasteiger partial charge in [-0.2, -0.15) is 0 Å². The molecule has 170 valence electrons. The van der Waals surface area contributed by atoms with Gasteiger partial charge in [-0.25, -0.2) is 0 Å². The topological polar surface area (TPSA) is 186 Å². The molecular formula is C18H29N3O9. The molecule has 1 saturated heterocycles. The molecule has 0 spiro atoms. The molecule has 0 aromatic rings. The Hall–Kier alpha value is -2.73. The average molecular weight is 431 g/mol. The van der Waals surface area contributed by atoms with Crippen molar-refractivity contribution in [3.8, 4) is 0 Å². The molecule has 6 atom stereocenters. The lowest BCUT2D eigenvalue weighted by Crippen LogP contribution is -2.69. The van der Waals surface area contributed by atoms with Crippen LogP contribution in [0, 0.1) is 0 Å². The van der Waals surface area contributed by atoms with Crippen molar-refractivity contribution in [3.63, 3.8) is 0 Å². The monoisotopic (exact) mass is 431 g/mol. The smallest absolute Gasteiger partial charge is 0.303 e. The molecule has 1 aliphatic rings. The minimum Gasteiger partial charge on any atom is -0.463 e. The standard InChI is InChI=1S/C18H29N3O9/c1-8(22)21-15-16(12(19)5-6-14(20)26)30-13(7-27-9(2)23)17(28-10(3)24)18(15)29-11(4)25/h12-13,15-18H,5-7,19H2,1-4H3,(H2,20,26)(H,21,22)/t12?,13-,15-,16+,17-,18-/m1/s1. The van der Waals surface area contributed by atoms with E-state index >= 15 is 0 Å². The van der Waals surface area contributed by atoms with Gasteiger partial charge < -0.3 is 35.7 Å². The van der Waals surface area contributed by atoms with Gasteiger partial charge in [0.25, 0.3) is 0 Å². The second-order valence-corrected chi connectivity index (χ2v) is 6.98. The third kappa shape index (κ3) is 7.95. The van der Waals surface area contributed by atoms with Crippen LogP contribution in [-0.2, 0) is 42.9 Å². The molecule has 0 aromatic heterocycles. The third-order valence-electron chi connectivity index (χ3n) is 4.30. The summed E-state index contributed by atoms with van der Waals surface area (Å²) in [6.07, 6.45) is -4.33. The molecule has 0 bridgehead atoms. The zero-order valence-electron chi connectivity index (χ0n) is 17.4. The van der Waals surface area contributed by atoms with Crippen molar-refractivity contribution in [1.82, 2.24) is 5.32 Å². The summed E-state index contributed by atoms with van der Waals surface area (Å²) in [5.74, 6) is -3.07. The molecule has 1 rings (SSSR count). The van der Waals surface area contributed by atoms with E-state index in [1.165, 1.54) is 13.8 Å². The number of amides is 2. The number of primary amides is 1. The van der Waals surface area contributed by atoms with Crippen LogP contribution in [0.4, 0.5) is 0 Å². The second kappa shape index (κ2) is 11.5. The molecule has 1 heterocycles. The Morgan fingerprint density at radius 2 is 1.53 bits per heavy atom. The van der Waals surface area contributed by atoms with Crippen molar-refractivity contribution in [1.29, 1.82) is 0 Å². The number of nitrogens with one attached hydrogen (secondary N) is 1. The van der Waals surface area contributed by atoms with Gasteiger partial charge in [-0.3, -0.25) is 24.0 Å². The molecule has 1 aliphatic heterocycles. The van der Waals surface area contributed by atoms with Crippen LogP contribution in [0.3, 0.4) is 0 Å². The Kier molecular flexibility index (Phi) is 9.66. The highest BCUT2D eigenvalue weighted by molar-refractivity contribution is 5.74. The lowest BCUT2D eigenvalue weighted by molar-refractivity contribution is -0.226. The molecule has 0 aliphatic carbocycles. The summed E-state index contributed by atoms with van der Waals surface area (Å²) in [6, 6.07) is -1.82. The molecule has 5 N–H and O–H groups in total. The summed E-state index contributed by atoms with van der Waals surface area (Å²) in [5, 5.41) is 2.61. The van der Waals surface area contributed by atoms with Crippen LogP contribution < -0.4 is 16.8 Å². The van der Waals surface area contributed by atoms with Crippen LogP contribution in [0.5, 0.6) is 0 Å². The van der Waals surface area contributed by atoms with E-state index in [9.17, 15) is 24.0 Å². The fourth-order valence-corrected chi connectivity index (χ4v) is 3.21. The van der Waals surface area contributed by atoms with Crippen molar-refractivity contribution in [2.45, 2.75) is 77.0 Å². The van der Waals surface area contributed by atoms with E-state index in [0.29, 0.717) is 0 Å². The Balaban J connectivity index is 3.33. The summed E-state index contributed by atoms with van der Waals surface area (Å²) in [5.41, 5.74) is 11.4. The van der Waals surface area contributed by atoms with Crippen LogP contribution >= 0.6 is 0 Å². The lowest BCUT2D eigenvalue weighted by atomic mass is 9.87. The molecule has 0 radical (unpaired) electrons. The van der Waals surface area contributed by atoms with E-state index in [-0.39, 0.29) is 19.4 Å². The van der Waals surface area contributed by atoms with E-state index in [1.54, 1.807) is 0 Å². The minimum atomic E-state index is -1.19. The van der Waals surface area contributed by atoms with Crippen molar-refractivity contribution in [2.75, 3.05) is 6.61 Å². The molecule has 12 nitrogen and oxygen atoms in total. The molecule has 1 unspecified atom stereocenters. The molecule has 30 heavy (non-hydrogen) atoms. The predicted octanol–water partition coefficient (Wildman–Crippen LogP) is -1.72. The van der Waals surface area contributed by atoms with Crippen LogP contribution in [0.15, 0.2) is 0 Å². The Bertz CT molecular complexity index is 669. The van der Waals surface area contributed by atoms with Crippen molar-refractivity contribution in [2.24, 2.45) is 11.5 Å². The summed E-state index contributed by atoms with van der Waals surface area (Å²) in [6.45, 7) is 4.39. The van der Waals surface area contributed by atoms with Gasteiger partial charge in [0.05, 0.1) is 12.1 Å². The van der Waals surface area contributed by atoms with Crippen LogP contribution in [0.25, 0.3) is 0 Å². The lowest BCUT2D eigenvalue weighted by Gasteiger charge is -2.47. The number of esters is 3. The minimum absolute atomic E-state index is 0.0476. The van der Waals surface area contributed by atoms with Gasteiger partial charge in [0.15, 0.2) is 12.2 Å². The highest BCUT2D eigenvalue weighted by Crippen LogP contribution is 2.29. The van der Waals surface area contributed by atoms with Gasteiger partial charge in [-0.1, -0.05) is 0 Å². The van der Waals surface area contributed by atoms with Gasteiger partial charge >= 0.3 is 17.9 Å². The van der Waals surface area contributed by atoms with Crippen LogP contribution in [0.2, 0.25) is 0 Å². The summed E-state index contributed by atoms with van der Waals surface area (Å²) in [7, 11) is 0. The molecular weight excluding hydrogens is 402 g/mol. The SMILES string of the molecule is CC(=O)N[C@H]1[C@@H](OC(C)=O)[C@H](OC(C)=O)[C@@H](COC(C)=O)O[C@H]1C(N)CCC(N)=O. The van der Waals surface area contributed by atoms with E-state index in [1.807, 2.05) is 0 Å². The zero-order chi connectivity index (χ0) is 23.0. The number of rotatable bonds is 9. The molecule has 2 amide bonds. The fourth-order valence-electron chi connectivity index (χ4n) is 3.21. The van der Waals surface area contributed by atoms with Gasteiger partial charge in [0.2, 0.25) is 11.8 Å². The first-order valence-corrected chi connectivity index (χ1v) is 9.36. The number of nitrogens with two attached hydrogens (primary N) is 2. The summed E-state index contributed by atoms with van der Waals surface area (Å²) in [4.78, 5) is 57.6. The first-order chi connectivity index (χ1) is 13.9. The maximum atomic E-state index is 11.8. The maximum Gasteiger partial charge on any atom is 0.303 e. The average Bonchev–Trinajstić information content (AvgIpc) is 2.60. The van der Waals surface area contributed by atoms with Crippen LogP contribution in [-0.4, -0.2) is 72.8 Å². The number of carbonyl (C=O) groups excluding carboxylic acids is 5. The van der Waals surface area contributed by atoms with E-state index in [2.05, 4.69) is 5.32 Å².